The molecular weight excluding hydrogens is 350 g/mol. The van der Waals surface area contributed by atoms with Crippen LogP contribution >= 0.6 is 0 Å². The number of hydrogen-bond acceptors (Lipinski definition) is 3. The fourth-order valence-corrected chi connectivity index (χ4v) is 4.08. The van der Waals surface area contributed by atoms with E-state index >= 15 is 0 Å². The van der Waals surface area contributed by atoms with Gasteiger partial charge in [0.05, 0.1) is 23.5 Å². The van der Waals surface area contributed by atoms with E-state index in [1.165, 1.54) is 5.57 Å². The number of carbonyl (C=O) groups is 1. The lowest BCUT2D eigenvalue weighted by molar-refractivity contribution is 0.0759. The van der Waals surface area contributed by atoms with Crippen molar-refractivity contribution >= 4 is 16.9 Å². The van der Waals surface area contributed by atoms with Crippen LogP contribution in [0.5, 0.6) is 0 Å². The minimum atomic E-state index is 0.0785. The van der Waals surface area contributed by atoms with Gasteiger partial charge < -0.3 is 9.47 Å². The largest absolute Gasteiger partial charge is 0.335 e. The van der Waals surface area contributed by atoms with Crippen molar-refractivity contribution in [2.75, 3.05) is 6.54 Å². The van der Waals surface area contributed by atoms with Crippen molar-refractivity contribution in [1.82, 2.24) is 24.6 Å². The van der Waals surface area contributed by atoms with Gasteiger partial charge in [0.15, 0.2) is 0 Å². The van der Waals surface area contributed by atoms with E-state index in [2.05, 4.69) is 22.3 Å². The second-order valence-corrected chi connectivity index (χ2v) is 7.15. The Morgan fingerprint density at radius 2 is 2.18 bits per heavy atom. The second-order valence-electron chi connectivity index (χ2n) is 7.15. The van der Waals surface area contributed by atoms with Gasteiger partial charge in [-0.2, -0.15) is 5.10 Å². The van der Waals surface area contributed by atoms with Crippen LogP contribution in [0.2, 0.25) is 0 Å². The molecule has 28 heavy (non-hydrogen) atoms. The Kier molecular flexibility index (Phi) is 4.86. The molecule has 4 rings (SSSR count). The van der Waals surface area contributed by atoms with Gasteiger partial charge in [0, 0.05) is 36.9 Å². The summed E-state index contributed by atoms with van der Waals surface area (Å²) in [5, 5.41) is 7.69. The highest BCUT2D eigenvalue weighted by molar-refractivity contribution is 6.06. The van der Waals surface area contributed by atoms with Gasteiger partial charge in [-0.15, -0.1) is 0 Å². The van der Waals surface area contributed by atoms with E-state index in [4.69, 9.17) is 4.98 Å². The van der Waals surface area contributed by atoms with Crippen molar-refractivity contribution in [3.05, 3.63) is 60.1 Å². The lowest BCUT2D eigenvalue weighted by Gasteiger charge is -2.25. The molecule has 144 valence electrons. The van der Waals surface area contributed by atoms with Gasteiger partial charge in [-0.25, -0.2) is 4.98 Å². The standard InChI is InChI=1S/C22H25N5O/c1-4-7-15(5-2)20-8-6-11-27(20)22(28)18-14-26(3)21-17(18)9-10-19(25-21)16-12-23-24-13-16/h4-5,7,9-10,12-14,20H,6,8,11H2,1-3H3,(H,23,24)/b7-4-,15-5+. The second kappa shape index (κ2) is 7.46. The van der Waals surface area contributed by atoms with Crippen LogP contribution in [0.4, 0.5) is 0 Å². The summed E-state index contributed by atoms with van der Waals surface area (Å²) in [6, 6.07) is 4.08. The summed E-state index contributed by atoms with van der Waals surface area (Å²) in [5.41, 5.74) is 4.49. The van der Waals surface area contributed by atoms with Crippen LogP contribution < -0.4 is 0 Å². The molecule has 0 spiro atoms. The van der Waals surface area contributed by atoms with E-state index < -0.39 is 0 Å². The Hall–Kier alpha value is -3.15. The molecule has 1 amide bonds. The number of fused-ring (bicyclic) bond motifs is 1. The fraction of sp³-hybridized carbons (Fsp3) is 0.318. The molecule has 3 aromatic rings. The molecule has 4 heterocycles. The number of hydrogen-bond donors (Lipinski definition) is 1. The maximum absolute atomic E-state index is 13.4. The molecule has 1 saturated heterocycles. The summed E-state index contributed by atoms with van der Waals surface area (Å²) >= 11 is 0. The minimum absolute atomic E-state index is 0.0785. The highest BCUT2D eigenvalue weighted by Gasteiger charge is 2.32. The first-order chi connectivity index (χ1) is 13.6. The van der Waals surface area contributed by atoms with E-state index in [9.17, 15) is 4.79 Å². The molecule has 6 heteroatoms. The van der Waals surface area contributed by atoms with Crippen LogP contribution in [0.1, 0.15) is 37.0 Å². The Morgan fingerprint density at radius 1 is 1.32 bits per heavy atom. The van der Waals surface area contributed by atoms with Crippen LogP contribution in [0.3, 0.4) is 0 Å². The Bertz CT molecular complexity index is 1060. The fourth-order valence-electron chi connectivity index (χ4n) is 4.08. The lowest BCUT2D eigenvalue weighted by atomic mass is 10.0. The van der Waals surface area contributed by atoms with Gasteiger partial charge in [0.25, 0.3) is 5.91 Å². The molecule has 1 fully saturated rings. The molecule has 0 radical (unpaired) electrons. The smallest absolute Gasteiger partial charge is 0.256 e. The average molecular weight is 375 g/mol. The quantitative estimate of drug-likeness (QED) is 0.699. The molecule has 1 aliphatic heterocycles. The SMILES string of the molecule is C/C=C\C(=C/C)C1CCCN1C(=O)c1cn(C)c2nc(-c3cn[nH]c3)ccc12. The van der Waals surface area contributed by atoms with Gasteiger partial charge in [0.1, 0.15) is 5.65 Å². The molecule has 0 saturated carbocycles. The number of aromatic amines is 1. The van der Waals surface area contributed by atoms with Crippen LogP contribution in [0, 0.1) is 0 Å². The molecule has 1 N–H and O–H groups in total. The predicted molar refractivity (Wildman–Crippen MR) is 111 cm³/mol. The average Bonchev–Trinajstić information content (AvgIpc) is 3.46. The molecule has 3 aromatic heterocycles. The van der Waals surface area contributed by atoms with Crippen molar-refractivity contribution in [1.29, 1.82) is 0 Å². The summed E-state index contributed by atoms with van der Waals surface area (Å²) in [5.74, 6) is 0.0785. The maximum atomic E-state index is 13.4. The molecule has 0 aromatic carbocycles. The number of likely N-dealkylation sites (tertiary alicyclic amines) is 1. The molecule has 1 unspecified atom stereocenters. The van der Waals surface area contributed by atoms with E-state index in [-0.39, 0.29) is 11.9 Å². The number of allylic oxidation sites excluding steroid dienone is 2. The van der Waals surface area contributed by atoms with Crippen molar-refractivity contribution in [3.8, 4) is 11.3 Å². The molecule has 0 aliphatic carbocycles. The van der Waals surface area contributed by atoms with E-state index in [0.717, 1.165) is 41.7 Å². The van der Waals surface area contributed by atoms with Crippen molar-refractivity contribution in [3.63, 3.8) is 0 Å². The molecule has 6 nitrogen and oxygen atoms in total. The molecule has 0 bridgehead atoms. The first-order valence-electron chi connectivity index (χ1n) is 9.69. The van der Waals surface area contributed by atoms with Crippen molar-refractivity contribution < 1.29 is 4.79 Å². The van der Waals surface area contributed by atoms with Gasteiger partial charge in [-0.05, 0) is 44.4 Å². The first-order valence-corrected chi connectivity index (χ1v) is 9.69. The topological polar surface area (TPSA) is 66.8 Å². The Labute approximate surface area is 164 Å². The number of aromatic nitrogens is 4. The van der Waals surface area contributed by atoms with Crippen LogP contribution in [0.15, 0.2) is 54.5 Å². The molecule has 1 atom stereocenters. The number of rotatable bonds is 4. The van der Waals surface area contributed by atoms with Crippen molar-refractivity contribution in [2.24, 2.45) is 7.05 Å². The summed E-state index contributed by atoms with van der Waals surface area (Å²) in [4.78, 5) is 20.2. The highest BCUT2D eigenvalue weighted by atomic mass is 16.2. The predicted octanol–water partition coefficient (Wildman–Crippen LogP) is 4.09. The van der Waals surface area contributed by atoms with Gasteiger partial charge in [0.2, 0.25) is 0 Å². The number of amides is 1. The number of H-pyrrole nitrogens is 1. The maximum Gasteiger partial charge on any atom is 0.256 e. The first kappa shape index (κ1) is 18.2. The zero-order chi connectivity index (χ0) is 19.7. The number of aryl methyl sites for hydroxylation is 1. The Morgan fingerprint density at radius 3 is 2.89 bits per heavy atom. The van der Waals surface area contributed by atoms with Gasteiger partial charge >= 0.3 is 0 Å². The number of carbonyl (C=O) groups excluding carboxylic acids is 1. The van der Waals surface area contributed by atoms with E-state index in [1.54, 1.807) is 6.20 Å². The minimum Gasteiger partial charge on any atom is -0.335 e. The number of nitrogens with zero attached hydrogens (tertiary/aromatic N) is 4. The normalized spacial score (nSPS) is 17.9. The third-order valence-electron chi connectivity index (χ3n) is 5.44. The summed E-state index contributed by atoms with van der Waals surface area (Å²) in [7, 11) is 1.93. The van der Waals surface area contributed by atoms with Crippen molar-refractivity contribution in [2.45, 2.75) is 32.7 Å². The molecule has 1 aliphatic rings. The van der Waals surface area contributed by atoms with Crippen LogP contribution in [-0.2, 0) is 7.05 Å². The number of nitrogens with one attached hydrogen (secondary N) is 1. The monoisotopic (exact) mass is 375 g/mol. The van der Waals surface area contributed by atoms with E-state index in [1.807, 2.05) is 61.0 Å². The zero-order valence-corrected chi connectivity index (χ0v) is 16.5. The van der Waals surface area contributed by atoms with Gasteiger partial charge in [-0.3, -0.25) is 9.89 Å². The zero-order valence-electron chi connectivity index (χ0n) is 16.5. The van der Waals surface area contributed by atoms with Gasteiger partial charge in [-0.1, -0.05) is 18.2 Å². The third-order valence-corrected chi connectivity index (χ3v) is 5.44. The summed E-state index contributed by atoms with van der Waals surface area (Å²) < 4.78 is 1.93. The number of pyridine rings is 1. The summed E-state index contributed by atoms with van der Waals surface area (Å²) in [6.07, 6.45) is 13.8. The molecular formula is C22H25N5O. The third kappa shape index (κ3) is 3.05. The Balaban J connectivity index is 1.71. The summed E-state index contributed by atoms with van der Waals surface area (Å²) in [6.45, 7) is 4.84. The highest BCUT2D eigenvalue weighted by Crippen LogP contribution is 2.30. The lowest BCUT2D eigenvalue weighted by Crippen LogP contribution is -2.36. The van der Waals surface area contributed by atoms with E-state index in [0.29, 0.717) is 5.56 Å². The van der Waals surface area contributed by atoms with Crippen LogP contribution in [-0.4, -0.2) is 43.1 Å². The van der Waals surface area contributed by atoms with Crippen LogP contribution in [0.25, 0.3) is 22.3 Å².